The highest BCUT2D eigenvalue weighted by atomic mass is 16.5. The summed E-state index contributed by atoms with van der Waals surface area (Å²) in [5, 5.41) is 13.1. The monoisotopic (exact) mass is 264 g/mol. The Labute approximate surface area is 112 Å². The van der Waals surface area contributed by atoms with Crippen molar-refractivity contribution in [2.24, 2.45) is 0 Å². The quantitative estimate of drug-likeness (QED) is 0.706. The smallest absolute Gasteiger partial charge is 0.251 e. The third-order valence-corrected chi connectivity index (χ3v) is 3.71. The Morgan fingerprint density at radius 3 is 2.95 bits per heavy atom. The van der Waals surface area contributed by atoms with Gasteiger partial charge in [-0.25, -0.2) is 0 Å². The van der Waals surface area contributed by atoms with Crippen LogP contribution >= 0.6 is 0 Å². The molecule has 1 fully saturated rings. The molecule has 0 aliphatic carbocycles. The van der Waals surface area contributed by atoms with Gasteiger partial charge in [-0.15, -0.1) is 0 Å². The molecule has 5 nitrogen and oxygen atoms in total. The highest BCUT2D eigenvalue weighted by Gasteiger charge is 2.39. The van der Waals surface area contributed by atoms with E-state index in [1.807, 2.05) is 13.8 Å². The largest absolute Gasteiger partial charge is 0.399 e. The predicted octanol–water partition coefficient (Wildman–Crippen LogP) is 0.847. The fourth-order valence-corrected chi connectivity index (χ4v) is 2.27. The van der Waals surface area contributed by atoms with Crippen LogP contribution in [0.1, 0.15) is 29.3 Å². The van der Waals surface area contributed by atoms with Crippen LogP contribution in [0.4, 0.5) is 5.69 Å². The van der Waals surface area contributed by atoms with Gasteiger partial charge in [-0.05, 0) is 37.6 Å². The fourth-order valence-electron chi connectivity index (χ4n) is 2.27. The van der Waals surface area contributed by atoms with Gasteiger partial charge in [-0.3, -0.25) is 4.79 Å². The van der Waals surface area contributed by atoms with Gasteiger partial charge in [0.15, 0.2) is 0 Å². The van der Waals surface area contributed by atoms with Crippen molar-refractivity contribution in [3.63, 3.8) is 0 Å². The lowest BCUT2D eigenvalue weighted by molar-refractivity contribution is -0.0251. The fraction of sp³-hybridized carbons (Fsp3) is 0.500. The van der Waals surface area contributed by atoms with E-state index in [-0.39, 0.29) is 18.6 Å². The van der Waals surface area contributed by atoms with Crippen LogP contribution in [0.3, 0.4) is 0 Å². The molecule has 4 N–H and O–H groups in total. The van der Waals surface area contributed by atoms with E-state index >= 15 is 0 Å². The molecule has 1 aliphatic rings. The summed E-state index contributed by atoms with van der Waals surface area (Å²) in [5.41, 5.74) is 6.70. The normalized spacial score (nSPS) is 26.4. The van der Waals surface area contributed by atoms with Gasteiger partial charge in [0, 0.05) is 30.8 Å². The number of ether oxygens (including phenoxy) is 1. The number of carbonyl (C=O) groups is 1. The third kappa shape index (κ3) is 2.88. The molecule has 1 aromatic rings. The molecule has 1 aliphatic heterocycles. The number of amides is 1. The zero-order valence-electron chi connectivity index (χ0n) is 11.3. The van der Waals surface area contributed by atoms with Gasteiger partial charge in [0.05, 0.1) is 6.10 Å². The topological polar surface area (TPSA) is 84.6 Å². The Morgan fingerprint density at radius 2 is 2.37 bits per heavy atom. The molecule has 19 heavy (non-hydrogen) atoms. The molecule has 1 amide bonds. The number of rotatable bonds is 3. The van der Waals surface area contributed by atoms with Crippen molar-refractivity contribution < 1.29 is 14.6 Å². The van der Waals surface area contributed by atoms with Crippen LogP contribution in [0.15, 0.2) is 18.2 Å². The number of benzene rings is 1. The lowest BCUT2D eigenvalue weighted by Crippen LogP contribution is -2.47. The molecule has 1 aromatic carbocycles. The molecule has 2 atom stereocenters. The Hall–Kier alpha value is -1.59. The molecular formula is C14H20N2O3. The van der Waals surface area contributed by atoms with Gasteiger partial charge in [-0.1, -0.05) is 0 Å². The Balaban J connectivity index is 2.02. The van der Waals surface area contributed by atoms with Gasteiger partial charge in [0.1, 0.15) is 5.60 Å². The van der Waals surface area contributed by atoms with Crippen LogP contribution in [0.5, 0.6) is 0 Å². The zero-order valence-corrected chi connectivity index (χ0v) is 11.3. The van der Waals surface area contributed by atoms with Crippen LogP contribution in [0.2, 0.25) is 0 Å². The van der Waals surface area contributed by atoms with Crippen molar-refractivity contribution in [1.82, 2.24) is 5.32 Å². The highest BCUT2D eigenvalue weighted by Crippen LogP contribution is 2.25. The van der Waals surface area contributed by atoms with Crippen LogP contribution in [0.25, 0.3) is 0 Å². The van der Waals surface area contributed by atoms with Crippen molar-refractivity contribution in [2.45, 2.75) is 32.0 Å². The minimum Gasteiger partial charge on any atom is -0.399 e. The molecule has 0 spiro atoms. The van der Waals surface area contributed by atoms with Crippen molar-refractivity contribution in [1.29, 1.82) is 0 Å². The van der Waals surface area contributed by atoms with Gasteiger partial charge in [-0.2, -0.15) is 0 Å². The number of nitrogens with one attached hydrogen (secondary N) is 1. The number of hydrogen-bond acceptors (Lipinski definition) is 4. The molecule has 1 saturated heterocycles. The standard InChI is InChI=1S/C14H20N2O3/c1-9-7-11(15)3-4-12(9)13(17)16-8-14(18)5-6-19-10(14)2/h3-4,7,10,18H,5-6,8,15H2,1-2H3,(H,16,17). The van der Waals surface area contributed by atoms with E-state index in [0.717, 1.165) is 5.56 Å². The average Bonchev–Trinajstić information content (AvgIpc) is 2.67. The van der Waals surface area contributed by atoms with E-state index in [1.165, 1.54) is 0 Å². The van der Waals surface area contributed by atoms with Crippen LogP contribution < -0.4 is 11.1 Å². The average molecular weight is 264 g/mol. The van der Waals surface area contributed by atoms with E-state index in [4.69, 9.17) is 10.5 Å². The predicted molar refractivity (Wildman–Crippen MR) is 72.9 cm³/mol. The molecular weight excluding hydrogens is 244 g/mol. The maximum atomic E-state index is 12.1. The number of aryl methyl sites for hydroxylation is 1. The first kappa shape index (κ1) is 13.8. The third-order valence-electron chi connectivity index (χ3n) is 3.71. The molecule has 0 bridgehead atoms. The van der Waals surface area contributed by atoms with Crippen molar-refractivity contribution in [3.05, 3.63) is 29.3 Å². The first-order valence-corrected chi connectivity index (χ1v) is 6.41. The summed E-state index contributed by atoms with van der Waals surface area (Å²) in [6, 6.07) is 5.14. The SMILES string of the molecule is Cc1cc(N)ccc1C(=O)NCC1(O)CCOC1C. The zero-order chi connectivity index (χ0) is 14.0. The van der Waals surface area contributed by atoms with Gasteiger partial charge < -0.3 is 20.9 Å². The molecule has 0 aromatic heterocycles. The number of hydrogen-bond donors (Lipinski definition) is 3. The second-order valence-corrected chi connectivity index (χ2v) is 5.12. The number of aliphatic hydroxyl groups is 1. The van der Waals surface area contributed by atoms with Crippen LogP contribution in [-0.4, -0.2) is 35.9 Å². The van der Waals surface area contributed by atoms with Crippen molar-refractivity contribution >= 4 is 11.6 Å². The summed E-state index contributed by atoms with van der Waals surface area (Å²) in [6.45, 7) is 4.36. The Kier molecular flexibility index (Phi) is 3.78. The number of nitrogens with two attached hydrogens (primary N) is 1. The second-order valence-electron chi connectivity index (χ2n) is 5.12. The maximum absolute atomic E-state index is 12.1. The van der Waals surface area contributed by atoms with E-state index < -0.39 is 5.60 Å². The number of carbonyl (C=O) groups excluding carboxylic acids is 1. The van der Waals surface area contributed by atoms with Crippen LogP contribution in [0, 0.1) is 6.92 Å². The van der Waals surface area contributed by atoms with Gasteiger partial charge >= 0.3 is 0 Å². The van der Waals surface area contributed by atoms with E-state index in [1.54, 1.807) is 18.2 Å². The first-order chi connectivity index (χ1) is 8.92. The van der Waals surface area contributed by atoms with E-state index in [0.29, 0.717) is 24.3 Å². The van der Waals surface area contributed by atoms with E-state index in [2.05, 4.69) is 5.32 Å². The summed E-state index contributed by atoms with van der Waals surface area (Å²) in [7, 11) is 0. The number of anilines is 1. The van der Waals surface area contributed by atoms with E-state index in [9.17, 15) is 9.90 Å². The summed E-state index contributed by atoms with van der Waals surface area (Å²) in [5.74, 6) is -0.204. The summed E-state index contributed by atoms with van der Waals surface area (Å²) < 4.78 is 5.33. The highest BCUT2D eigenvalue weighted by molar-refractivity contribution is 5.96. The maximum Gasteiger partial charge on any atom is 0.251 e. The first-order valence-electron chi connectivity index (χ1n) is 6.41. The molecule has 104 valence electrons. The molecule has 0 saturated carbocycles. The Bertz CT molecular complexity index is 490. The summed E-state index contributed by atoms with van der Waals surface area (Å²) >= 11 is 0. The molecule has 1 heterocycles. The summed E-state index contributed by atoms with van der Waals surface area (Å²) in [4.78, 5) is 12.1. The van der Waals surface area contributed by atoms with Crippen molar-refractivity contribution in [2.75, 3.05) is 18.9 Å². The molecule has 0 radical (unpaired) electrons. The minimum atomic E-state index is -0.975. The number of nitrogen functional groups attached to an aromatic ring is 1. The molecule has 2 rings (SSSR count). The van der Waals surface area contributed by atoms with Crippen LogP contribution in [-0.2, 0) is 4.74 Å². The van der Waals surface area contributed by atoms with Crippen molar-refractivity contribution in [3.8, 4) is 0 Å². The lowest BCUT2D eigenvalue weighted by atomic mass is 9.96. The minimum absolute atomic E-state index is 0.191. The molecule has 5 heteroatoms. The molecule has 2 unspecified atom stereocenters. The van der Waals surface area contributed by atoms with Gasteiger partial charge in [0.2, 0.25) is 0 Å². The second kappa shape index (κ2) is 5.19. The lowest BCUT2D eigenvalue weighted by Gasteiger charge is -2.26. The Morgan fingerprint density at radius 1 is 1.63 bits per heavy atom. The van der Waals surface area contributed by atoms with Gasteiger partial charge in [0.25, 0.3) is 5.91 Å². The summed E-state index contributed by atoms with van der Waals surface area (Å²) in [6.07, 6.45) is 0.273.